The highest BCUT2D eigenvalue weighted by Crippen LogP contribution is 2.28. The predicted molar refractivity (Wildman–Crippen MR) is 82.6 cm³/mol. The van der Waals surface area contributed by atoms with Gasteiger partial charge >= 0.3 is 0 Å². The average Bonchev–Trinajstić information content (AvgIpc) is 2.37. The van der Waals surface area contributed by atoms with Crippen LogP contribution in [0.3, 0.4) is 0 Å². The summed E-state index contributed by atoms with van der Waals surface area (Å²) < 4.78 is 1.07. The van der Waals surface area contributed by atoms with E-state index in [-0.39, 0.29) is 5.92 Å². The average molecular weight is 341 g/mol. The molecule has 5 heteroatoms. The SMILES string of the molecule is CC(C)c1c(Cl)ncnc1NCc1ccc(Br)cc1. The van der Waals surface area contributed by atoms with Crippen LogP contribution in [-0.4, -0.2) is 9.97 Å². The first-order chi connectivity index (χ1) is 9.08. The van der Waals surface area contributed by atoms with Crippen molar-refractivity contribution in [3.8, 4) is 0 Å². The van der Waals surface area contributed by atoms with Crippen LogP contribution in [0.25, 0.3) is 0 Å². The van der Waals surface area contributed by atoms with Crippen LogP contribution in [0.5, 0.6) is 0 Å². The van der Waals surface area contributed by atoms with E-state index in [1.165, 1.54) is 11.9 Å². The summed E-state index contributed by atoms with van der Waals surface area (Å²) in [5.74, 6) is 1.08. The highest BCUT2D eigenvalue weighted by Gasteiger charge is 2.13. The molecule has 0 unspecified atom stereocenters. The smallest absolute Gasteiger partial charge is 0.138 e. The Bertz CT molecular complexity index is 555. The summed E-state index contributed by atoms with van der Waals surface area (Å²) in [6.07, 6.45) is 1.48. The second-order valence-electron chi connectivity index (χ2n) is 4.56. The first-order valence-electron chi connectivity index (χ1n) is 6.06. The molecule has 0 aliphatic carbocycles. The zero-order valence-corrected chi connectivity index (χ0v) is 13.2. The van der Waals surface area contributed by atoms with Crippen LogP contribution in [0.15, 0.2) is 35.1 Å². The van der Waals surface area contributed by atoms with Crippen LogP contribution in [-0.2, 0) is 6.54 Å². The number of hydrogen-bond acceptors (Lipinski definition) is 3. The van der Waals surface area contributed by atoms with Crippen molar-refractivity contribution < 1.29 is 0 Å². The highest BCUT2D eigenvalue weighted by molar-refractivity contribution is 9.10. The molecule has 0 aliphatic rings. The fourth-order valence-corrected chi connectivity index (χ4v) is 2.43. The van der Waals surface area contributed by atoms with E-state index in [1.54, 1.807) is 0 Å². The monoisotopic (exact) mass is 339 g/mol. The van der Waals surface area contributed by atoms with Crippen molar-refractivity contribution in [1.29, 1.82) is 0 Å². The number of anilines is 1. The molecule has 0 spiro atoms. The van der Waals surface area contributed by atoms with Gasteiger partial charge in [-0.1, -0.05) is 53.5 Å². The van der Waals surface area contributed by atoms with Crippen molar-refractivity contribution in [2.24, 2.45) is 0 Å². The van der Waals surface area contributed by atoms with Crippen LogP contribution in [0.4, 0.5) is 5.82 Å². The number of rotatable bonds is 4. The number of nitrogens with one attached hydrogen (secondary N) is 1. The lowest BCUT2D eigenvalue weighted by molar-refractivity contribution is 0.844. The Balaban J connectivity index is 2.15. The van der Waals surface area contributed by atoms with Crippen LogP contribution < -0.4 is 5.32 Å². The first-order valence-corrected chi connectivity index (χ1v) is 7.23. The zero-order valence-electron chi connectivity index (χ0n) is 10.8. The predicted octanol–water partition coefficient (Wildman–Crippen LogP) is 4.63. The Kier molecular flexibility index (Phi) is 4.77. The largest absolute Gasteiger partial charge is 0.366 e. The lowest BCUT2D eigenvalue weighted by atomic mass is 10.1. The Labute approximate surface area is 126 Å². The summed E-state index contributed by atoms with van der Waals surface area (Å²) in [5.41, 5.74) is 2.15. The zero-order chi connectivity index (χ0) is 13.8. The first kappa shape index (κ1) is 14.3. The molecule has 0 radical (unpaired) electrons. The van der Waals surface area contributed by atoms with Crippen LogP contribution in [0, 0.1) is 0 Å². The summed E-state index contributed by atoms with van der Waals surface area (Å²) in [7, 11) is 0. The van der Waals surface area contributed by atoms with Gasteiger partial charge in [0.15, 0.2) is 0 Å². The normalized spacial score (nSPS) is 10.8. The molecule has 2 rings (SSSR count). The molecule has 0 aliphatic heterocycles. The lowest BCUT2D eigenvalue weighted by Gasteiger charge is -2.14. The van der Waals surface area contributed by atoms with Gasteiger partial charge < -0.3 is 5.32 Å². The molecule has 0 bridgehead atoms. The Morgan fingerprint density at radius 3 is 2.53 bits per heavy atom. The van der Waals surface area contributed by atoms with Gasteiger partial charge in [-0.05, 0) is 23.6 Å². The van der Waals surface area contributed by atoms with E-state index in [9.17, 15) is 0 Å². The molecule has 0 amide bonds. The van der Waals surface area contributed by atoms with Gasteiger partial charge in [0.25, 0.3) is 0 Å². The molecule has 1 N–H and O–H groups in total. The molecule has 1 aromatic heterocycles. The molecular formula is C14H15BrClN3. The number of nitrogens with zero attached hydrogens (tertiary/aromatic N) is 2. The topological polar surface area (TPSA) is 37.8 Å². The fraction of sp³-hybridized carbons (Fsp3) is 0.286. The molecule has 0 atom stereocenters. The Hall–Kier alpha value is -1.13. The summed E-state index contributed by atoms with van der Waals surface area (Å²) in [5, 5.41) is 3.84. The fourth-order valence-electron chi connectivity index (χ4n) is 1.81. The van der Waals surface area contributed by atoms with E-state index in [2.05, 4.69) is 57.2 Å². The summed E-state index contributed by atoms with van der Waals surface area (Å²) in [4.78, 5) is 8.31. The molecule has 100 valence electrons. The number of halogens is 2. The van der Waals surface area contributed by atoms with Crippen molar-refractivity contribution in [1.82, 2.24) is 9.97 Å². The van der Waals surface area contributed by atoms with E-state index in [4.69, 9.17) is 11.6 Å². The molecule has 0 saturated heterocycles. The van der Waals surface area contributed by atoms with Gasteiger partial charge in [0, 0.05) is 16.6 Å². The number of aromatic nitrogens is 2. The van der Waals surface area contributed by atoms with Crippen LogP contribution in [0.1, 0.15) is 30.9 Å². The van der Waals surface area contributed by atoms with Gasteiger partial charge in [0.1, 0.15) is 17.3 Å². The lowest BCUT2D eigenvalue weighted by Crippen LogP contribution is -2.07. The minimum Gasteiger partial charge on any atom is -0.366 e. The van der Waals surface area contributed by atoms with Gasteiger partial charge in [-0.25, -0.2) is 9.97 Å². The van der Waals surface area contributed by atoms with Crippen LogP contribution >= 0.6 is 27.5 Å². The second kappa shape index (κ2) is 6.35. The minimum absolute atomic E-state index is 0.279. The minimum atomic E-state index is 0.279. The highest BCUT2D eigenvalue weighted by atomic mass is 79.9. The molecular weight excluding hydrogens is 326 g/mol. The third-order valence-electron chi connectivity index (χ3n) is 2.79. The number of hydrogen-bond donors (Lipinski definition) is 1. The van der Waals surface area contributed by atoms with Crippen molar-refractivity contribution in [2.45, 2.75) is 26.3 Å². The molecule has 0 saturated carbocycles. The molecule has 1 aromatic carbocycles. The van der Waals surface area contributed by atoms with E-state index >= 15 is 0 Å². The second-order valence-corrected chi connectivity index (χ2v) is 5.84. The third-order valence-corrected chi connectivity index (χ3v) is 3.62. The van der Waals surface area contributed by atoms with Gasteiger partial charge in [0.05, 0.1) is 0 Å². The van der Waals surface area contributed by atoms with E-state index in [0.29, 0.717) is 11.7 Å². The van der Waals surface area contributed by atoms with Gasteiger partial charge in [-0.2, -0.15) is 0 Å². The van der Waals surface area contributed by atoms with Crippen molar-refractivity contribution in [3.05, 3.63) is 51.3 Å². The van der Waals surface area contributed by atoms with Gasteiger partial charge in [-0.15, -0.1) is 0 Å². The summed E-state index contributed by atoms with van der Waals surface area (Å²) in [6.45, 7) is 4.87. The Morgan fingerprint density at radius 2 is 1.89 bits per heavy atom. The van der Waals surface area contributed by atoms with Gasteiger partial charge in [-0.3, -0.25) is 0 Å². The van der Waals surface area contributed by atoms with E-state index < -0.39 is 0 Å². The van der Waals surface area contributed by atoms with Crippen LogP contribution in [0.2, 0.25) is 5.15 Å². The maximum atomic E-state index is 6.13. The van der Waals surface area contributed by atoms with Crippen molar-refractivity contribution in [2.75, 3.05) is 5.32 Å². The number of benzene rings is 1. The maximum Gasteiger partial charge on any atom is 0.138 e. The molecule has 2 aromatic rings. The molecule has 0 fully saturated rings. The summed E-state index contributed by atoms with van der Waals surface area (Å²) in [6, 6.07) is 8.17. The third kappa shape index (κ3) is 3.67. The Morgan fingerprint density at radius 1 is 1.21 bits per heavy atom. The molecule has 1 heterocycles. The maximum absolute atomic E-state index is 6.13. The van der Waals surface area contributed by atoms with Crippen molar-refractivity contribution in [3.63, 3.8) is 0 Å². The van der Waals surface area contributed by atoms with E-state index in [0.717, 1.165) is 15.9 Å². The van der Waals surface area contributed by atoms with Gasteiger partial charge in [0.2, 0.25) is 0 Å². The standard InChI is InChI=1S/C14H15BrClN3/c1-9(2)12-13(16)18-8-19-14(12)17-7-10-3-5-11(15)6-4-10/h3-6,8-9H,7H2,1-2H3,(H,17,18,19). The quantitative estimate of drug-likeness (QED) is 0.825. The van der Waals surface area contributed by atoms with E-state index in [1.807, 2.05) is 12.1 Å². The molecule has 3 nitrogen and oxygen atoms in total. The summed E-state index contributed by atoms with van der Waals surface area (Å²) >= 11 is 9.55. The molecule has 19 heavy (non-hydrogen) atoms. The van der Waals surface area contributed by atoms with Crippen molar-refractivity contribution >= 4 is 33.3 Å².